The second-order valence-electron chi connectivity index (χ2n) is 4.95. The smallest absolute Gasteiger partial charge is 0.357 e. The minimum Gasteiger partial charge on any atom is -0.461 e. The van der Waals surface area contributed by atoms with Gasteiger partial charge in [0.15, 0.2) is 17.4 Å². The highest BCUT2D eigenvalue weighted by Gasteiger charge is 2.24. The molecule has 1 atom stereocenters. The van der Waals surface area contributed by atoms with E-state index in [1.807, 2.05) is 6.07 Å². The number of benzene rings is 1. The fourth-order valence-corrected chi connectivity index (χ4v) is 2.90. The first-order valence-electron chi connectivity index (χ1n) is 7.34. The molecule has 124 valence electrons. The summed E-state index contributed by atoms with van der Waals surface area (Å²) in [6, 6.07) is 7.80. The van der Waals surface area contributed by atoms with Crippen molar-refractivity contribution in [1.29, 1.82) is 5.26 Å². The van der Waals surface area contributed by atoms with E-state index in [1.54, 1.807) is 19.1 Å². The summed E-state index contributed by atoms with van der Waals surface area (Å²) in [5.74, 6) is -2.21. The monoisotopic (exact) mass is 346 g/mol. The number of carbonyl (C=O) groups excluding carboxylic acids is 2. The van der Waals surface area contributed by atoms with Crippen LogP contribution < -0.4 is 0 Å². The van der Waals surface area contributed by atoms with Crippen LogP contribution in [-0.4, -0.2) is 23.3 Å². The van der Waals surface area contributed by atoms with Crippen LogP contribution in [0, 0.1) is 17.1 Å². The number of thiazole rings is 1. The summed E-state index contributed by atoms with van der Waals surface area (Å²) < 4.78 is 17.7. The number of ether oxygens (including phenoxy) is 1. The number of hydrogen-bond acceptors (Lipinski definition) is 6. The molecule has 0 radical (unpaired) electrons. The Morgan fingerprint density at radius 1 is 1.38 bits per heavy atom. The van der Waals surface area contributed by atoms with Crippen molar-refractivity contribution in [3.05, 3.63) is 51.7 Å². The molecule has 0 spiro atoms. The van der Waals surface area contributed by atoms with Gasteiger partial charge in [-0.25, -0.2) is 14.2 Å². The van der Waals surface area contributed by atoms with Crippen molar-refractivity contribution in [1.82, 2.24) is 4.98 Å². The van der Waals surface area contributed by atoms with E-state index in [1.165, 1.54) is 17.5 Å². The minimum atomic E-state index is -1.02. The van der Waals surface area contributed by atoms with Crippen molar-refractivity contribution in [3.8, 4) is 6.07 Å². The average Bonchev–Trinajstić information content (AvgIpc) is 3.05. The maximum Gasteiger partial charge on any atom is 0.357 e. The minimum absolute atomic E-state index is 0.100. The number of hydrogen-bond donors (Lipinski definition) is 0. The van der Waals surface area contributed by atoms with Crippen LogP contribution >= 0.6 is 11.3 Å². The van der Waals surface area contributed by atoms with Gasteiger partial charge in [-0.2, -0.15) is 5.26 Å². The highest BCUT2D eigenvalue weighted by molar-refractivity contribution is 7.10. The number of ketones is 1. The number of esters is 1. The SMILES string of the molecule is CCOC(=O)c1csc([C@H](C#N)C(=O)CCc2ccc(F)cc2)n1. The Bertz CT molecular complexity index is 765. The first kappa shape index (κ1) is 17.8. The number of carbonyl (C=O) groups is 2. The first-order chi connectivity index (χ1) is 11.5. The molecule has 0 aliphatic rings. The maximum absolute atomic E-state index is 12.9. The van der Waals surface area contributed by atoms with Gasteiger partial charge in [-0.15, -0.1) is 11.3 Å². The molecule has 0 N–H and O–H groups in total. The molecule has 0 aliphatic heterocycles. The summed E-state index contributed by atoms with van der Waals surface area (Å²) in [5.41, 5.74) is 0.913. The van der Waals surface area contributed by atoms with Crippen molar-refractivity contribution in [2.45, 2.75) is 25.7 Å². The molecule has 0 unspecified atom stereocenters. The Hall–Kier alpha value is -2.59. The first-order valence-corrected chi connectivity index (χ1v) is 8.22. The van der Waals surface area contributed by atoms with Gasteiger partial charge in [0.25, 0.3) is 0 Å². The molecular formula is C17H15FN2O3S. The van der Waals surface area contributed by atoms with Crippen molar-refractivity contribution in [2.75, 3.05) is 6.61 Å². The quantitative estimate of drug-likeness (QED) is 0.719. The van der Waals surface area contributed by atoms with Crippen molar-refractivity contribution >= 4 is 23.1 Å². The van der Waals surface area contributed by atoms with Gasteiger partial charge in [0, 0.05) is 11.8 Å². The predicted octanol–water partition coefficient (Wildman–Crippen LogP) is 3.27. The molecule has 1 heterocycles. The third-order valence-corrected chi connectivity index (χ3v) is 4.19. The molecule has 1 aromatic carbocycles. The predicted molar refractivity (Wildman–Crippen MR) is 86.2 cm³/mol. The zero-order chi connectivity index (χ0) is 17.5. The van der Waals surface area contributed by atoms with Gasteiger partial charge in [0.2, 0.25) is 0 Å². The van der Waals surface area contributed by atoms with E-state index in [0.29, 0.717) is 6.42 Å². The summed E-state index contributed by atoms with van der Waals surface area (Å²) >= 11 is 1.08. The van der Waals surface area contributed by atoms with Crippen LogP contribution in [0.3, 0.4) is 0 Å². The van der Waals surface area contributed by atoms with Gasteiger partial charge in [-0.05, 0) is 31.0 Å². The number of nitrogens with zero attached hydrogens (tertiary/aromatic N) is 2. The Labute approximate surface area is 142 Å². The standard InChI is InChI=1S/C17H15FN2O3S/c1-2-23-17(22)14-10-24-16(20-14)13(9-19)15(21)8-5-11-3-6-12(18)7-4-11/h3-4,6-7,10,13H,2,5,8H2,1H3/t13-/m1/s1. The molecule has 1 aromatic heterocycles. The fraction of sp³-hybridized carbons (Fsp3) is 0.294. The number of rotatable bonds is 7. The molecule has 0 saturated carbocycles. The number of aryl methyl sites for hydroxylation is 1. The van der Waals surface area contributed by atoms with Gasteiger partial charge in [0.05, 0.1) is 12.7 Å². The Morgan fingerprint density at radius 2 is 2.08 bits per heavy atom. The number of nitriles is 1. The van der Waals surface area contributed by atoms with E-state index in [4.69, 9.17) is 4.74 Å². The van der Waals surface area contributed by atoms with E-state index in [9.17, 15) is 19.2 Å². The lowest BCUT2D eigenvalue weighted by molar-refractivity contribution is -0.119. The summed E-state index contributed by atoms with van der Waals surface area (Å²) in [6.07, 6.45) is 0.547. The molecule has 24 heavy (non-hydrogen) atoms. The molecule has 7 heteroatoms. The molecular weight excluding hydrogens is 331 g/mol. The van der Waals surface area contributed by atoms with E-state index in [-0.39, 0.29) is 35.3 Å². The number of aromatic nitrogens is 1. The second-order valence-corrected chi connectivity index (χ2v) is 5.84. The topological polar surface area (TPSA) is 80.0 Å². The summed E-state index contributed by atoms with van der Waals surface area (Å²) in [5, 5.41) is 11.0. The van der Waals surface area contributed by atoms with E-state index < -0.39 is 11.9 Å². The molecule has 0 fully saturated rings. The van der Waals surface area contributed by atoms with Gasteiger partial charge in [0.1, 0.15) is 10.8 Å². The normalized spacial score (nSPS) is 11.5. The number of halogens is 1. The van der Waals surface area contributed by atoms with Crippen LogP contribution in [0.2, 0.25) is 0 Å². The van der Waals surface area contributed by atoms with Gasteiger partial charge in [-0.1, -0.05) is 12.1 Å². The largest absolute Gasteiger partial charge is 0.461 e. The van der Waals surface area contributed by atoms with Gasteiger partial charge < -0.3 is 4.74 Å². The van der Waals surface area contributed by atoms with Crippen molar-refractivity contribution in [2.24, 2.45) is 0 Å². The Morgan fingerprint density at radius 3 is 2.71 bits per heavy atom. The van der Waals surface area contributed by atoms with Crippen molar-refractivity contribution in [3.63, 3.8) is 0 Å². The Kier molecular flexibility index (Phi) is 6.15. The van der Waals surface area contributed by atoms with E-state index in [2.05, 4.69) is 4.98 Å². The highest BCUT2D eigenvalue weighted by Crippen LogP contribution is 2.23. The molecule has 0 bridgehead atoms. The van der Waals surface area contributed by atoms with Crippen LogP contribution in [0.5, 0.6) is 0 Å². The molecule has 0 saturated heterocycles. The van der Waals surface area contributed by atoms with E-state index >= 15 is 0 Å². The van der Waals surface area contributed by atoms with Crippen LogP contribution in [-0.2, 0) is 16.0 Å². The molecule has 0 aliphatic carbocycles. The van der Waals surface area contributed by atoms with Crippen LogP contribution in [0.1, 0.15) is 40.3 Å². The van der Waals surface area contributed by atoms with E-state index in [0.717, 1.165) is 16.9 Å². The van der Waals surface area contributed by atoms with Crippen LogP contribution in [0.4, 0.5) is 4.39 Å². The molecule has 0 amide bonds. The zero-order valence-corrected chi connectivity index (χ0v) is 13.8. The summed E-state index contributed by atoms with van der Waals surface area (Å²) in [6.45, 7) is 1.91. The molecule has 2 rings (SSSR count). The molecule has 5 nitrogen and oxygen atoms in total. The maximum atomic E-state index is 12.9. The van der Waals surface area contributed by atoms with Gasteiger partial charge in [-0.3, -0.25) is 4.79 Å². The molecule has 2 aromatic rings. The lowest BCUT2D eigenvalue weighted by atomic mass is 9.99. The van der Waals surface area contributed by atoms with Crippen LogP contribution in [0.25, 0.3) is 0 Å². The highest BCUT2D eigenvalue weighted by atomic mass is 32.1. The number of Topliss-reactive ketones (excluding diaryl/α,β-unsaturated/α-hetero) is 1. The summed E-state index contributed by atoms with van der Waals surface area (Å²) in [7, 11) is 0. The fourth-order valence-electron chi connectivity index (χ4n) is 2.05. The third kappa shape index (κ3) is 4.46. The zero-order valence-electron chi connectivity index (χ0n) is 13.0. The Balaban J connectivity index is 2.02. The lowest BCUT2D eigenvalue weighted by Crippen LogP contribution is -2.12. The van der Waals surface area contributed by atoms with Crippen LogP contribution in [0.15, 0.2) is 29.6 Å². The average molecular weight is 346 g/mol. The second kappa shape index (κ2) is 8.31. The lowest BCUT2D eigenvalue weighted by Gasteiger charge is -2.05. The summed E-state index contributed by atoms with van der Waals surface area (Å²) in [4.78, 5) is 27.9. The van der Waals surface area contributed by atoms with Crippen molar-refractivity contribution < 1.29 is 18.7 Å². The third-order valence-electron chi connectivity index (χ3n) is 3.28. The van der Waals surface area contributed by atoms with Gasteiger partial charge >= 0.3 is 5.97 Å².